The van der Waals surface area contributed by atoms with Crippen molar-refractivity contribution in [3.05, 3.63) is 0 Å². The fourth-order valence-corrected chi connectivity index (χ4v) is 1.39. The molecule has 1 amide bonds. The molecular weight excluding hydrogens is 174 g/mol. The smallest absolute Gasteiger partial charge is 0.242 e. The van der Waals surface area contributed by atoms with Gasteiger partial charge in [0.25, 0.3) is 0 Å². The van der Waals surface area contributed by atoms with Gasteiger partial charge in [0.15, 0.2) is 5.11 Å². The zero-order chi connectivity index (χ0) is 9.14. The zero-order valence-electron chi connectivity index (χ0n) is 7.12. The Balaban J connectivity index is 2.52. The molecule has 1 aliphatic rings. The molecule has 1 aliphatic heterocycles. The van der Waals surface area contributed by atoms with Gasteiger partial charge in [-0.25, -0.2) is 0 Å². The van der Waals surface area contributed by atoms with Crippen molar-refractivity contribution in [1.29, 1.82) is 0 Å². The fraction of sp³-hybridized carbons (Fsp3) is 0.714. The topological polar surface area (TPSA) is 49.6 Å². The Morgan fingerprint density at radius 2 is 2.33 bits per heavy atom. The summed E-state index contributed by atoms with van der Waals surface area (Å²) in [6, 6.07) is 0. The van der Waals surface area contributed by atoms with Crippen LogP contribution in [-0.4, -0.2) is 47.0 Å². The number of carbonyl (C=O) groups is 1. The average molecular weight is 187 g/mol. The molecule has 4 nitrogen and oxygen atoms in total. The van der Waals surface area contributed by atoms with Gasteiger partial charge in [-0.05, 0) is 19.1 Å². The largest absolute Gasteiger partial charge is 0.376 e. The minimum absolute atomic E-state index is 0.108. The number of hydrogen-bond acceptors (Lipinski definition) is 2. The van der Waals surface area contributed by atoms with Crippen molar-refractivity contribution in [1.82, 2.24) is 9.80 Å². The van der Waals surface area contributed by atoms with Crippen LogP contribution in [-0.2, 0) is 4.79 Å². The second-order valence-electron chi connectivity index (χ2n) is 2.73. The molecule has 0 saturated carbocycles. The van der Waals surface area contributed by atoms with Crippen LogP contribution in [0.3, 0.4) is 0 Å². The van der Waals surface area contributed by atoms with Crippen LogP contribution in [0.5, 0.6) is 0 Å². The Hall–Kier alpha value is -0.840. The number of hydrogen-bond donors (Lipinski definition) is 1. The molecule has 68 valence electrons. The molecular formula is C7H13N3OS. The summed E-state index contributed by atoms with van der Waals surface area (Å²) in [4.78, 5) is 14.8. The molecule has 5 heteroatoms. The summed E-state index contributed by atoms with van der Waals surface area (Å²) >= 11 is 4.78. The Kier molecular flexibility index (Phi) is 2.86. The van der Waals surface area contributed by atoms with Gasteiger partial charge in [0.05, 0.1) is 6.54 Å². The molecule has 0 bridgehead atoms. The molecule has 0 unspecified atom stereocenters. The number of nitrogens with zero attached hydrogens (tertiary/aromatic N) is 2. The van der Waals surface area contributed by atoms with E-state index in [9.17, 15) is 4.79 Å². The SMILES string of the molecule is CCN1CCN(C(N)=S)CC1=O. The van der Waals surface area contributed by atoms with Crippen LogP contribution < -0.4 is 5.73 Å². The normalized spacial score (nSPS) is 18.2. The standard InChI is InChI=1S/C7H13N3OS/c1-2-9-3-4-10(7(8)12)5-6(9)11/h2-5H2,1H3,(H2,8,12). The third kappa shape index (κ3) is 1.85. The third-order valence-electron chi connectivity index (χ3n) is 2.01. The van der Waals surface area contributed by atoms with Gasteiger partial charge >= 0.3 is 0 Å². The first kappa shape index (κ1) is 9.25. The summed E-state index contributed by atoms with van der Waals surface area (Å²) in [5.41, 5.74) is 5.40. The van der Waals surface area contributed by atoms with E-state index in [0.717, 1.165) is 19.6 Å². The van der Waals surface area contributed by atoms with Crippen molar-refractivity contribution in [2.24, 2.45) is 5.73 Å². The third-order valence-corrected chi connectivity index (χ3v) is 2.27. The summed E-state index contributed by atoms with van der Waals surface area (Å²) in [6.07, 6.45) is 0. The van der Waals surface area contributed by atoms with Crippen LogP contribution in [0, 0.1) is 0 Å². The van der Waals surface area contributed by atoms with Gasteiger partial charge in [0, 0.05) is 19.6 Å². The van der Waals surface area contributed by atoms with E-state index in [1.807, 2.05) is 6.92 Å². The molecule has 0 aromatic heterocycles. The monoisotopic (exact) mass is 187 g/mol. The molecule has 0 spiro atoms. The Morgan fingerprint density at radius 1 is 1.67 bits per heavy atom. The molecule has 2 N–H and O–H groups in total. The van der Waals surface area contributed by atoms with Crippen molar-refractivity contribution >= 4 is 23.2 Å². The van der Waals surface area contributed by atoms with Gasteiger partial charge in [-0.1, -0.05) is 0 Å². The van der Waals surface area contributed by atoms with E-state index >= 15 is 0 Å². The van der Waals surface area contributed by atoms with Gasteiger partial charge < -0.3 is 15.5 Å². The Morgan fingerprint density at radius 3 is 2.75 bits per heavy atom. The summed E-state index contributed by atoms with van der Waals surface area (Å²) in [5, 5.41) is 0.319. The highest BCUT2D eigenvalue weighted by molar-refractivity contribution is 7.80. The second-order valence-corrected chi connectivity index (χ2v) is 3.15. The molecule has 0 radical (unpaired) electrons. The van der Waals surface area contributed by atoms with E-state index in [1.54, 1.807) is 9.80 Å². The van der Waals surface area contributed by atoms with Gasteiger partial charge in [-0.15, -0.1) is 0 Å². The van der Waals surface area contributed by atoms with Crippen LogP contribution in [0.15, 0.2) is 0 Å². The number of carbonyl (C=O) groups excluding carboxylic acids is 1. The molecule has 0 aromatic rings. The van der Waals surface area contributed by atoms with E-state index in [0.29, 0.717) is 11.7 Å². The van der Waals surface area contributed by atoms with E-state index in [2.05, 4.69) is 0 Å². The number of amides is 1. The van der Waals surface area contributed by atoms with Gasteiger partial charge in [-0.2, -0.15) is 0 Å². The highest BCUT2D eigenvalue weighted by Gasteiger charge is 2.22. The van der Waals surface area contributed by atoms with Crippen molar-refractivity contribution in [2.75, 3.05) is 26.2 Å². The molecule has 0 aromatic carbocycles. The molecule has 1 rings (SSSR count). The Labute approximate surface area is 77.3 Å². The van der Waals surface area contributed by atoms with E-state index in [4.69, 9.17) is 18.0 Å². The highest BCUT2D eigenvalue weighted by atomic mass is 32.1. The number of rotatable bonds is 1. The van der Waals surface area contributed by atoms with Gasteiger partial charge in [0.1, 0.15) is 0 Å². The molecule has 0 atom stereocenters. The predicted octanol–water partition coefficient (Wildman–Crippen LogP) is -0.606. The fourth-order valence-electron chi connectivity index (χ4n) is 1.23. The van der Waals surface area contributed by atoms with Gasteiger partial charge in [-0.3, -0.25) is 4.79 Å². The highest BCUT2D eigenvalue weighted by Crippen LogP contribution is 2.01. The number of likely N-dealkylation sites (N-methyl/N-ethyl adjacent to an activating group) is 1. The van der Waals surface area contributed by atoms with E-state index < -0.39 is 0 Å². The van der Waals surface area contributed by atoms with Crippen LogP contribution in [0.4, 0.5) is 0 Å². The maximum atomic E-state index is 11.3. The average Bonchev–Trinajstić information content (AvgIpc) is 2.04. The summed E-state index contributed by atoms with van der Waals surface area (Å²) in [6.45, 7) is 4.56. The second kappa shape index (κ2) is 3.71. The van der Waals surface area contributed by atoms with Crippen LogP contribution in [0.2, 0.25) is 0 Å². The summed E-state index contributed by atoms with van der Waals surface area (Å²) < 4.78 is 0. The molecule has 1 fully saturated rings. The van der Waals surface area contributed by atoms with Crippen LogP contribution in [0.1, 0.15) is 6.92 Å². The summed E-state index contributed by atoms with van der Waals surface area (Å²) in [5.74, 6) is 0.108. The zero-order valence-corrected chi connectivity index (χ0v) is 7.93. The maximum absolute atomic E-state index is 11.3. The van der Waals surface area contributed by atoms with E-state index in [1.165, 1.54) is 0 Å². The lowest BCUT2D eigenvalue weighted by Crippen LogP contribution is -2.53. The number of nitrogens with two attached hydrogens (primary N) is 1. The maximum Gasteiger partial charge on any atom is 0.242 e. The minimum atomic E-state index is 0.108. The molecule has 1 heterocycles. The number of thiocarbonyl (C=S) groups is 1. The lowest BCUT2D eigenvalue weighted by molar-refractivity contribution is -0.134. The van der Waals surface area contributed by atoms with E-state index in [-0.39, 0.29) is 5.91 Å². The predicted molar refractivity (Wildman–Crippen MR) is 50.6 cm³/mol. The molecule has 1 saturated heterocycles. The summed E-state index contributed by atoms with van der Waals surface area (Å²) in [7, 11) is 0. The Bertz CT molecular complexity index is 207. The van der Waals surface area contributed by atoms with Crippen LogP contribution in [0.25, 0.3) is 0 Å². The lowest BCUT2D eigenvalue weighted by atomic mass is 10.3. The van der Waals surface area contributed by atoms with Gasteiger partial charge in [0.2, 0.25) is 5.91 Å². The van der Waals surface area contributed by atoms with Crippen molar-refractivity contribution < 1.29 is 4.79 Å². The quantitative estimate of drug-likeness (QED) is 0.557. The van der Waals surface area contributed by atoms with Crippen molar-refractivity contribution in [3.8, 4) is 0 Å². The molecule has 12 heavy (non-hydrogen) atoms. The van der Waals surface area contributed by atoms with Crippen LogP contribution >= 0.6 is 12.2 Å². The van der Waals surface area contributed by atoms with Crippen molar-refractivity contribution in [2.45, 2.75) is 6.92 Å². The first-order valence-corrected chi connectivity index (χ1v) is 4.38. The minimum Gasteiger partial charge on any atom is -0.376 e. The first-order chi connectivity index (χ1) is 5.65. The number of piperazine rings is 1. The lowest BCUT2D eigenvalue weighted by Gasteiger charge is -2.33. The first-order valence-electron chi connectivity index (χ1n) is 3.97. The van der Waals surface area contributed by atoms with Crippen molar-refractivity contribution in [3.63, 3.8) is 0 Å². The molecule has 0 aliphatic carbocycles.